The number of hydrogen-bond acceptors (Lipinski definition) is 3. The summed E-state index contributed by atoms with van der Waals surface area (Å²) in [5.41, 5.74) is 1.02. The van der Waals surface area contributed by atoms with Gasteiger partial charge in [-0.2, -0.15) is 0 Å². The van der Waals surface area contributed by atoms with Gasteiger partial charge in [0.05, 0.1) is 5.69 Å². The predicted molar refractivity (Wildman–Crippen MR) is 88.1 cm³/mol. The molecule has 7 heteroatoms. The van der Waals surface area contributed by atoms with E-state index in [-0.39, 0.29) is 5.41 Å². The number of fused-ring (bicyclic) bond motifs is 1. The number of hydrogen-bond donors (Lipinski definition) is 1. The Labute approximate surface area is 139 Å². The average Bonchev–Trinajstić information content (AvgIpc) is 2.79. The molecule has 0 spiro atoms. The maximum absolute atomic E-state index is 14.2. The van der Waals surface area contributed by atoms with Crippen LogP contribution in [0, 0.1) is 16.4 Å². The van der Waals surface area contributed by atoms with Crippen LogP contribution in [-0.4, -0.2) is 21.3 Å². The Morgan fingerprint density at radius 3 is 2.70 bits per heavy atom. The molecule has 0 saturated carbocycles. The van der Waals surface area contributed by atoms with Crippen molar-refractivity contribution in [1.29, 1.82) is 0 Å². The average molecular weight is 338 g/mol. The fourth-order valence-corrected chi connectivity index (χ4v) is 3.03. The number of aryl methyl sites for hydroxylation is 1. The Morgan fingerprint density at radius 2 is 2.04 bits per heavy atom. The molecule has 0 unspecified atom stereocenters. The van der Waals surface area contributed by atoms with E-state index >= 15 is 0 Å². The summed E-state index contributed by atoms with van der Waals surface area (Å²) in [4.78, 5) is 6.26. The number of halogens is 2. The van der Waals surface area contributed by atoms with Gasteiger partial charge in [-0.1, -0.05) is 20.8 Å². The van der Waals surface area contributed by atoms with Crippen LogP contribution in [0.25, 0.3) is 0 Å². The SMILES string of the molecule is CC(C)(C)c1nc(=S)n(CN2CCCc3cc(F)cc(F)c32)[nH]1. The molecule has 0 aliphatic carbocycles. The summed E-state index contributed by atoms with van der Waals surface area (Å²) in [5.74, 6) is -0.266. The first-order valence-corrected chi connectivity index (χ1v) is 8.07. The fraction of sp³-hybridized carbons (Fsp3) is 0.500. The van der Waals surface area contributed by atoms with Gasteiger partial charge in [0.25, 0.3) is 0 Å². The summed E-state index contributed by atoms with van der Waals surface area (Å²) in [7, 11) is 0. The van der Waals surface area contributed by atoms with Crippen LogP contribution >= 0.6 is 12.2 Å². The minimum absolute atomic E-state index is 0.146. The Kier molecular flexibility index (Phi) is 4.00. The number of aromatic amines is 1. The highest BCUT2D eigenvalue weighted by atomic mass is 32.1. The van der Waals surface area contributed by atoms with Crippen molar-refractivity contribution in [3.8, 4) is 0 Å². The number of benzene rings is 1. The zero-order valence-corrected chi connectivity index (χ0v) is 14.3. The Hall–Kier alpha value is -1.76. The van der Waals surface area contributed by atoms with Gasteiger partial charge < -0.3 is 4.90 Å². The van der Waals surface area contributed by atoms with Gasteiger partial charge in [0.2, 0.25) is 4.77 Å². The van der Waals surface area contributed by atoms with Crippen LogP contribution in [0.3, 0.4) is 0 Å². The monoisotopic (exact) mass is 338 g/mol. The lowest BCUT2D eigenvalue weighted by Crippen LogP contribution is -2.33. The number of nitrogens with one attached hydrogen (secondary N) is 1. The van der Waals surface area contributed by atoms with Crippen LogP contribution in [0.15, 0.2) is 12.1 Å². The summed E-state index contributed by atoms with van der Waals surface area (Å²) in [5, 5.41) is 3.19. The van der Waals surface area contributed by atoms with Gasteiger partial charge in [-0.05, 0) is 36.7 Å². The number of nitrogens with zero attached hydrogens (tertiary/aromatic N) is 3. The summed E-state index contributed by atoms with van der Waals surface area (Å²) in [6.45, 7) is 7.20. The van der Waals surface area contributed by atoms with Gasteiger partial charge in [0, 0.05) is 18.0 Å². The molecule has 0 saturated heterocycles. The maximum Gasteiger partial charge on any atom is 0.217 e. The van der Waals surface area contributed by atoms with E-state index in [4.69, 9.17) is 12.2 Å². The Balaban J connectivity index is 1.95. The molecule has 0 bridgehead atoms. The van der Waals surface area contributed by atoms with Gasteiger partial charge in [-0.15, -0.1) is 0 Å². The van der Waals surface area contributed by atoms with Crippen LogP contribution in [0.5, 0.6) is 0 Å². The molecule has 2 heterocycles. The van der Waals surface area contributed by atoms with E-state index in [0.717, 1.165) is 18.3 Å². The van der Waals surface area contributed by atoms with Crippen molar-refractivity contribution < 1.29 is 8.78 Å². The number of anilines is 1. The zero-order chi connectivity index (χ0) is 16.8. The van der Waals surface area contributed by atoms with Crippen LogP contribution in [0.2, 0.25) is 0 Å². The molecule has 1 N–H and O–H groups in total. The van der Waals surface area contributed by atoms with Gasteiger partial charge in [-0.3, -0.25) is 5.10 Å². The van der Waals surface area contributed by atoms with E-state index in [1.165, 1.54) is 6.07 Å². The first-order chi connectivity index (χ1) is 10.8. The maximum atomic E-state index is 14.2. The van der Waals surface area contributed by atoms with Crippen LogP contribution < -0.4 is 4.90 Å². The second kappa shape index (κ2) is 5.70. The molecular formula is C16H20F2N4S. The molecular weight excluding hydrogens is 318 g/mol. The molecule has 1 aliphatic heterocycles. The predicted octanol–water partition coefficient (Wildman–Crippen LogP) is 3.93. The molecule has 0 fully saturated rings. The van der Waals surface area contributed by atoms with E-state index in [1.807, 2.05) is 25.7 Å². The lowest BCUT2D eigenvalue weighted by Gasteiger charge is -2.31. The lowest BCUT2D eigenvalue weighted by molar-refractivity contribution is 0.497. The minimum Gasteiger partial charge on any atom is -0.349 e. The molecule has 2 aromatic rings. The number of aromatic nitrogens is 3. The van der Waals surface area contributed by atoms with Gasteiger partial charge in [0.15, 0.2) is 0 Å². The van der Waals surface area contributed by atoms with Gasteiger partial charge >= 0.3 is 0 Å². The third-order valence-electron chi connectivity index (χ3n) is 4.00. The lowest BCUT2D eigenvalue weighted by atomic mass is 9.96. The smallest absolute Gasteiger partial charge is 0.217 e. The third-order valence-corrected chi connectivity index (χ3v) is 4.31. The quantitative estimate of drug-likeness (QED) is 0.843. The molecule has 23 heavy (non-hydrogen) atoms. The number of rotatable bonds is 2. The zero-order valence-electron chi connectivity index (χ0n) is 13.5. The van der Waals surface area contributed by atoms with Crippen molar-refractivity contribution in [2.24, 2.45) is 0 Å². The minimum atomic E-state index is -0.531. The van der Waals surface area contributed by atoms with Crippen LogP contribution in [0.1, 0.15) is 38.6 Å². The van der Waals surface area contributed by atoms with Gasteiger partial charge in [0.1, 0.15) is 24.1 Å². The van der Waals surface area contributed by atoms with E-state index in [0.29, 0.717) is 35.7 Å². The van der Waals surface area contributed by atoms with E-state index in [1.54, 1.807) is 4.68 Å². The van der Waals surface area contributed by atoms with Crippen LogP contribution in [0.4, 0.5) is 14.5 Å². The molecule has 1 aromatic carbocycles. The third kappa shape index (κ3) is 3.15. The summed E-state index contributed by atoms with van der Waals surface area (Å²) in [6, 6.07) is 2.35. The Bertz CT molecular complexity index is 788. The molecule has 1 aliphatic rings. The normalized spacial score (nSPS) is 14.9. The highest BCUT2D eigenvalue weighted by molar-refractivity contribution is 7.71. The molecule has 1 aromatic heterocycles. The number of H-pyrrole nitrogens is 1. The molecule has 0 amide bonds. The van der Waals surface area contributed by atoms with Crippen molar-refractivity contribution in [2.75, 3.05) is 11.4 Å². The standard InChI is InChI=1S/C16H20F2N4S/c1-16(2,3)14-19-15(23)22(20-14)9-21-6-4-5-10-7-11(17)8-12(18)13(10)21/h7-8H,4-6,9H2,1-3H3,(H,19,20,23). The summed E-state index contributed by atoms with van der Waals surface area (Å²) < 4.78 is 29.8. The highest BCUT2D eigenvalue weighted by Gasteiger charge is 2.24. The van der Waals surface area contributed by atoms with Gasteiger partial charge in [-0.25, -0.2) is 18.4 Å². The second-order valence-corrected chi connectivity index (χ2v) is 7.30. The molecule has 4 nitrogen and oxygen atoms in total. The molecule has 124 valence electrons. The summed E-state index contributed by atoms with van der Waals surface area (Å²) in [6.07, 6.45) is 1.53. The largest absolute Gasteiger partial charge is 0.349 e. The van der Waals surface area contributed by atoms with Crippen molar-refractivity contribution in [1.82, 2.24) is 14.8 Å². The molecule has 0 radical (unpaired) electrons. The van der Waals surface area contributed by atoms with E-state index in [2.05, 4.69) is 10.1 Å². The topological polar surface area (TPSA) is 36.9 Å². The van der Waals surface area contributed by atoms with Crippen molar-refractivity contribution >= 4 is 17.9 Å². The van der Waals surface area contributed by atoms with Crippen LogP contribution in [-0.2, 0) is 18.5 Å². The van der Waals surface area contributed by atoms with E-state index < -0.39 is 11.6 Å². The first kappa shape index (κ1) is 16.1. The van der Waals surface area contributed by atoms with Crippen molar-refractivity contribution in [3.63, 3.8) is 0 Å². The highest BCUT2D eigenvalue weighted by Crippen LogP contribution is 2.31. The fourth-order valence-electron chi connectivity index (χ4n) is 2.84. The van der Waals surface area contributed by atoms with Crippen molar-refractivity contribution in [3.05, 3.63) is 39.9 Å². The second-order valence-electron chi connectivity index (χ2n) is 6.94. The first-order valence-electron chi connectivity index (χ1n) is 7.66. The van der Waals surface area contributed by atoms with Crippen molar-refractivity contribution in [2.45, 2.75) is 45.7 Å². The Morgan fingerprint density at radius 1 is 1.30 bits per heavy atom. The van der Waals surface area contributed by atoms with E-state index in [9.17, 15) is 8.78 Å². The summed E-state index contributed by atoms with van der Waals surface area (Å²) >= 11 is 5.30. The molecule has 3 rings (SSSR count). The molecule has 0 atom stereocenters.